The minimum atomic E-state index is -0.0940. The van der Waals surface area contributed by atoms with Crippen molar-refractivity contribution in [3.63, 3.8) is 0 Å². The Morgan fingerprint density at radius 3 is 2.80 bits per heavy atom. The van der Waals surface area contributed by atoms with Crippen molar-refractivity contribution in [2.24, 2.45) is 0 Å². The highest BCUT2D eigenvalue weighted by atomic mass is 127. The molecule has 0 N–H and O–H groups in total. The minimum absolute atomic E-state index is 0.0940. The molecule has 0 aromatic heterocycles. The van der Waals surface area contributed by atoms with E-state index in [9.17, 15) is 4.79 Å². The number of benzene rings is 1. The molecule has 82 valence electrons. The number of rotatable bonds is 5. The number of carbonyl (C=O) groups is 1. The standard InChI is InChI=1S/C12H15IO2/c1-2-15-12(14)9-5-7-10-6-3-4-8-11(10)13/h3-4,6,8H,2,5,7,9H2,1H3. The van der Waals surface area contributed by atoms with Crippen LogP contribution in [0.5, 0.6) is 0 Å². The predicted octanol–water partition coefficient (Wildman–Crippen LogP) is 3.18. The third kappa shape index (κ3) is 4.64. The van der Waals surface area contributed by atoms with Crippen LogP contribution in [0.3, 0.4) is 0 Å². The first-order valence-corrected chi connectivity index (χ1v) is 6.21. The molecule has 0 amide bonds. The van der Waals surface area contributed by atoms with E-state index in [-0.39, 0.29) is 5.97 Å². The molecule has 3 heteroatoms. The summed E-state index contributed by atoms with van der Waals surface area (Å²) in [5, 5.41) is 0. The van der Waals surface area contributed by atoms with Gasteiger partial charge in [0.2, 0.25) is 0 Å². The van der Waals surface area contributed by atoms with Crippen LogP contribution in [0, 0.1) is 3.57 Å². The molecule has 0 saturated carbocycles. The summed E-state index contributed by atoms with van der Waals surface area (Å²) in [6, 6.07) is 8.24. The normalized spacial score (nSPS) is 10.0. The summed E-state index contributed by atoms with van der Waals surface area (Å²) >= 11 is 2.32. The number of esters is 1. The van der Waals surface area contributed by atoms with Gasteiger partial charge in [-0.1, -0.05) is 18.2 Å². The zero-order valence-electron chi connectivity index (χ0n) is 8.83. The van der Waals surface area contributed by atoms with E-state index in [0.717, 1.165) is 12.8 Å². The summed E-state index contributed by atoms with van der Waals surface area (Å²) in [5.41, 5.74) is 1.31. The molecule has 0 saturated heterocycles. The molecule has 0 radical (unpaired) electrons. The van der Waals surface area contributed by atoms with Crippen LogP contribution < -0.4 is 0 Å². The molecule has 15 heavy (non-hydrogen) atoms. The molecule has 0 aliphatic rings. The van der Waals surface area contributed by atoms with Crippen LogP contribution in [0.2, 0.25) is 0 Å². The molecule has 0 aliphatic carbocycles. The Balaban J connectivity index is 2.32. The maximum atomic E-state index is 11.1. The molecule has 0 heterocycles. The van der Waals surface area contributed by atoms with Crippen molar-refractivity contribution in [3.8, 4) is 0 Å². The van der Waals surface area contributed by atoms with Crippen molar-refractivity contribution < 1.29 is 9.53 Å². The van der Waals surface area contributed by atoms with Crippen molar-refractivity contribution >= 4 is 28.6 Å². The van der Waals surface area contributed by atoms with E-state index >= 15 is 0 Å². The highest BCUT2D eigenvalue weighted by Gasteiger charge is 2.03. The van der Waals surface area contributed by atoms with Gasteiger partial charge in [-0.2, -0.15) is 0 Å². The first kappa shape index (κ1) is 12.5. The Labute approximate surface area is 104 Å². The molecule has 2 nitrogen and oxygen atoms in total. The molecular formula is C12H15IO2. The predicted molar refractivity (Wildman–Crippen MR) is 68.7 cm³/mol. The van der Waals surface area contributed by atoms with Crippen molar-refractivity contribution in [1.82, 2.24) is 0 Å². The molecule has 0 aliphatic heterocycles. The largest absolute Gasteiger partial charge is 0.466 e. The summed E-state index contributed by atoms with van der Waals surface area (Å²) in [4.78, 5) is 11.1. The first-order valence-electron chi connectivity index (χ1n) is 5.13. The Bertz CT molecular complexity index is 323. The fourth-order valence-electron chi connectivity index (χ4n) is 1.36. The second-order valence-corrected chi connectivity index (χ2v) is 4.41. The third-order valence-electron chi connectivity index (χ3n) is 2.09. The molecule has 1 rings (SSSR count). The maximum absolute atomic E-state index is 11.1. The number of hydrogen-bond acceptors (Lipinski definition) is 2. The van der Waals surface area contributed by atoms with Crippen LogP contribution in [0.1, 0.15) is 25.3 Å². The Hall–Kier alpha value is -0.580. The number of hydrogen-bond donors (Lipinski definition) is 0. The maximum Gasteiger partial charge on any atom is 0.305 e. The van der Waals surface area contributed by atoms with E-state index in [4.69, 9.17) is 4.74 Å². The average molecular weight is 318 g/mol. The van der Waals surface area contributed by atoms with Crippen LogP contribution >= 0.6 is 22.6 Å². The van der Waals surface area contributed by atoms with Gasteiger partial charge >= 0.3 is 5.97 Å². The van der Waals surface area contributed by atoms with Crippen molar-refractivity contribution in [2.45, 2.75) is 26.2 Å². The Morgan fingerprint density at radius 2 is 2.13 bits per heavy atom. The van der Waals surface area contributed by atoms with E-state index in [0.29, 0.717) is 13.0 Å². The molecular weight excluding hydrogens is 303 g/mol. The van der Waals surface area contributed by atoms with Crippen molar-refractivity contribution in [3.05, 3.63) is 33.4 Å². The summed E-state index contributed by atoms with van der Waals surface area (Å²) in [7, 11) is 0. The molecule has 0 bridgehead atoms. The van der Waals surface area contributed by atoms with E-state index in [1.165, 1.54) is 9.13 Å². The SMILES string of the molecule is CCOC(=O)CCCc1ccccc1I. The quantitative estimate of drug-likeness (QED) is 0.616. The summed E-state index contributed by atoms with van der Waals surface area (Å²) in [6.45, 7) is 2.31. The van der Waals surface area contributed by atoms with Crippen LogP contribution in [0.4, 0.5) is 0 Å². The van der Waals surface area contributed by atoms with Gasteiger partial charge < -0.3 is 4.74 Å². The monoisotopic (exact) mass is 318 g/mol. The fraction of sp³-hybridized carbons (Fsp3) is 0.417. The van der Waals surface area contributed by atoms with E-state index in [1.54, 1.807) is 0 Å². The average Bonchev–Trinajstić information content (AvgIpc) is 2.21. The minimum Gasteiger partial charge on any atom is -0.466 e. The van der Waals surface area contributed by atoms with Gasteiger partial charge in [0, 0.05) is 9.99 Å². The number of carbonyl (C=O) groups excluding carboxylic acids is 1. The van der Waals surface area contributed by atoms with E-state index in [1.807, 2.05) is 19.1 Å². The highest BCUT2D eigenvalue weighted by Crippen LogP contribution is 2.14. The lowest BCUT2D eigenvalue weighted by atomic mass is 10.1. The molecule has 1 aromatic carbocycles. The molecule has 0 fully saturated rings. The molecule has 0 spiro atoms. The third-order valence-corrected chi connectivity index (χ3v) is 3.14. The highest BCUT2D eigenvalue weighted by molar-refractivity contribution is 14.1. The first-order chi connectivity index (χ1) is 7.24. The van der Waals surface area contributed by atoms with E-state index < -0.39 is 0 Å². The summed E-state index contributed by atoms with van der Waals surface area (Å²) in [5.74, 6) is -0.0940. The lowest BCUT2D eigenvalue weighted by molar-refractivity contribution is -0.143. The Kier molecular flexibility index (Phi) is 5.68. The van der Waals surface area contributed by atoms with Gasteiger partial charge in [0.05, 0.1) is 6.61 Å². The van der Waals surface area contributed by atoms with Crippen molar-refractivity contribution in [2.75, 3.05) is 6.61 Å². The smallest absolute Gasteiger partial charge is 0.305 e. The molecule has 0 atom stereocenters. The summed E-state index contributed by atoms with van der Waals surface area (Å²) in [6.07, 6.45) is 2.32. The van der Waals surface area contributed by atoms with Gasteiger partial charge in [-0.05, 0) is 54.0 Å². The van der Waals surface area contributed by atoms with Crippen LogP contribution in [0.15, 0.2) is 24.3 Å². The second kappa shape index (κ2) is 6.82. The van der Waals surface area contributed by atoms with Crippen LogP contribution in [-0.4, -0.2) is 12.6 Å². The van der Waals surface area contributed by atoms with Gasteiger partial charge in [-0.25, -0.2) is 0 Å². The second-order valence-electron chi connectivity index (χ2n) is 3.25. The van der Waals surface area contributed by atoms with Gasteiger partial charge in [0.15, 0.2) is 0 Å². The number of aryl methyl sites for hydroxylation is 1. The Morgan fingerprint density at radius 1 is 1.40 bits per heavy atom. The topological polar surface area (TPSA) is 26.3 Å². The zero-order valence-corrected chi connectivity index (χ0v) is 11.0. The van der Waals surface area contributed by atoms with E-state index in [2.05, 4.69) is 34.7 Å². The van der Waals surface area contributed by atoms with Crippen LogP contribution in [0.25, 0.3) is 0 Å². The zero-order chi connectivity index (χ0) is 11.1. The lowest BCUT2D eigenvalue weighted by Gasteiger charge is -2.04. The van der Waals surface area contributed by atoms with Gasteiger partial charge in [0.25, 0.3) is 0 Å². The molecule has 1 aromatic rings. The van der Waals surface area contributed by atoms with Crippen molar-refractivity contribution in [1.29, 1.82) is 0 Å². The number of ether oxygens (including phenoxy) is 1. The number of halogens is 1. The van der Waals surface area contributed by atoms with Gasteiger partial charge in [-0.3, -0.25) is 4.79 Å². The molecule has 0 unspecified atom stereocenters. The van der Waals surface area contributed by atoms with Crippen LogP contribution in [-0.2, 0) is 16.0 Å². The summed E-state index contributed by atoms with van der Waals surface area (Å²) < 4.78 is 6.13. The van der Waals surface area contributed by atoms with Gasteiger partial charge in [-0.15, -0.1) is 0 Å². The lowest BCUT2D eigenvalue weighted by Crippen LogP contribution is -2.04. The fourth-order valence-corrected chi connectivity index (χ4v) is 2.01. The van der Waals surface area contributed by atoms with Gasteiger partial charge in [0.1, 0.15) is 0 Å².